The van der Waals surface area contributed by atoms with Crippen LogP contribution in [0, 0.1) is 22.7 Å². The van der Waals surface area contributed by atoms with Crippen molar-refractivity contribution in [1.82, 2.24) is 19.5 Å². The van der Waals surface area contributed by atoms with E-state index in [1.165, 1.54) is 20.2 Å². The molecule has 306 valence electrons. The smallest absolute Gasteiger partial charge is 0.166 e. The predicted molar refractivity (Wildman–Crippen MR) is 269 cm³/mol. The summed E-state index contributed by atoms with van der Waals surface area (Å²) in [5.74, 6) is 1.69. The van der Waals surface area contributed by atoms with E-state index in [2.05, 4.69) is 114 Å². The molecule has 0 fully saturated rings. The lowest BCUT2D eigenvalue weighted by Gasteiger charge is -2.17. The van der Waals surface area contributed by atoms with E-state index in [-0.39, 0.29) is 0 Å². The molecule has 0 radical (unpaired) electrons. The summed E-state index contributed by atoms with van der Waals surface area (Å²) in [5, 5.41) is 24.8. The molecule has 66 heavy (non-hydrogen) atoms. The number of aromatic nitrogens is 4. The molecule has 12 aromatic rings. The summed E-state index contributed by atoms with van der Waals surface area (Å²) in [4.78, 5) is 15.7. The van der Waals surface area contributed by atoms with Crippen LogP contribution >= 0.6 is 11.3 Å². The zero-order valence-electron chi connectivity index (χ0n) is 35.2. The number of benzene rings is 9. The molecule has 3 heterocycles. The molecule has 0 N–H and O–H groups in total. The van der Waals surface area contributed by atoms with Crippen LogP contribution in [0.25, 0.3) is 115 Å². The largest absolute Gasteiger partial charge is 0.308 e. The Kier molecular flexibility index (Phi) is 9.35. The molecule has 6 nitrogen and oxygen atoms in total. The minimum atomic E-state index is 0.538. The van der Waals surface area contributed by atoms with Crippen molar-refractivity contribution >= 4 is 53.3 Å². The van der Waals surface area contributed by atoms with Gasteiger partial charge in [-0.1, -0.05) is 146 Å². The molecule has 3 aromatic heterocycles. The quantitative estimate of drug-likeness (QED) is 0.159. The number of fused-ring (bicyclic) bond motifs is 6. The maximum absolute atomic E-state index is 10.2. The van der Waals surface area contributed by atoms with Gasteiger partial charge in [0, 0.05) is 47.6 Å². The van der Waals surface area contributed by atoms with Crippen LogP contribution in [-0.2, 0) is 0 Å². The second kappa shape index (κ2) is 16.0. The molecule has 12 rings (SSSR count). The van der Waals surface area contributed by atoms with Gasteiger partial charge in [-0.05, 0) is 94.0 Å². The van der Waals surface area contributed by atoms with Gasteiger partial charge in [0.1, 0.15) is 0 Å². The SMILES string of the molecule is N#Cc1ccccc1-c1ccc2c(c1)c1cc(-c3ccccc3C#N)ccc1n2-c1ccc(-c2cccc3sc4ccccc4c23)cc1-c1nc(-c2ccccc2)nc(-c2ccccc2)n1. The summed E-state index contributed by atoms with van der Waals surface area (Å²) in [5.41, 5.74) is 12.4. The first kappa shape index (κ1) is 38.6. The van der Waals surface area contributed by atoms with Gasteiger partial charge in [-0.3, -0.25) is 0 Å². The van der Waals surface area contributed by atoms with Crippen molar-refractivity contribution in [2.75, 3.05) is 0 Å². The van der Waals surface area contributed by atoms with Crippen molar-refractivity contribution in [1.29, 1.82) is 10.5 Å². The third kappa shape index (κ3) is 6.50. The average Bonchev–Trinajstić information content (AvgIpc) is 3.94. The normalized spacial score (nSPS) is 11.3. The number of nitriles is 2. The number of thiophene rings is 1. The molecule has 0 aliphatic heterocycles. The van der Waals surface area contributed by atoms with Crippen molar-refractivity contribution in [3.05, 3.63) is 217 Å². The first-order valence-electron chi connectivity index (χ1n) is 21.6. The van der Waals surface area contributed by atoms with Crippen LogP contribution in [-0.4, -0.2) is 19.5 Å². The molecule has 0 aliphatic carbocycles. The molecule has 0 atom stereocenters. The van der Waals surface area contributed by atoms with E-state index in [1.54, 1.807) is 11.3 Å². The highest BCUT2D eigenvalue weighted by Crippen LogP contribution is 2.44. The van der Waals surface area contributed by atoms with Gasteiger partial charge in [0.15, 0.2) is 17.5 Å². The Labute approximate surface area is 384 Å². The van der Waals surface area contributed by atoms with Crippen LogP contribution in [0.3, 0.4) is 0 Å². The van der Waals surface area contributed by atoms with Crippen LogP contribution in [0.1, 0.15) is 11.1 Å². The lowest BCUT2D eigenvalue weighted by molar-refractivity contribution is 1.06. The lowest BCUT2D eigenvalue weighted by Crippen LogP contribution is -2.04. The predicted octanol–water partition coefficient (Wildman–Crippen LogP) is 15.1. The fourth-order valence-electron chi connectivity index (χ4n) is 9.30. The van der Waals surface area contributed by atoms with Gasteiger partial charge in [0.25, 0.3) is 0 Å². The molecular weight excluding hydrogens is 825 g/mol. The first-order chi connectivity index (χ1) is 32.6. The topological polar surface area (TPSA) is 91.2 Å². The summed E-state index contributed by atoms with van der Waals surface area (Å²) in [6, 6.07) is 75.0. The summed E-state index contributed by atoms with van der Waals surface area (Å²) >= 11 is 1.80. The fourth-order valence-corrected chi connectivity index (χ4v) is 10.4. The second-order valence-corrected chi connectivity index (χ2v) is 17.2. The minimum absolute atomic E-state index is 0.538. The zero-order chi connectivity index (χ0) is 44.1. The van der Waals surface area contributed by atoms with E-state index < -0.39 is 0 Å². The van der Waals surface area contributed by atoms with Crippen LogP contribution < -0.4 is 0 Å². The monoisotopic (exact) mass is 858 g/mol. The van der Waals surface area contributed by atoms with Crippen molar-refractivity contribution in [3.8, 4) is 85.4 Å². The highest BCUT2D eigenvalue weighted by molar-refractivity contribution is 7.25. The Balaban J connectivity index is 1.18. The van der Waals surface area contributed by atoms with Gasteiger partial charge in [0.05, 0.1) is 40.0 Å². The fraction of sp³-hybridized carbons (Fsp3) is 0. The van der Waals surface area contributed by atoms with Gasteiger partial charge < -0.3 is 4.57 Å². The number of rotatable bonds is 7. The molecule has 0 saturated carbocycles. The van der Waals surface area contributed by atoms with Crippen molar-refractivity contribution in [2.24, 2.45) is 0 Å². The Morgan fingerprint density at radius 1 is 0.364 bits per heavy atom. The number of hydrogen-bond donors (Lipinski definition) is 0. The van der Waals surface area contributed by atoms with E-state index in [0.29, 0.717) is 28.6 Å². The van der Waals surface area contributed by atoms with Crippen LogP contribution in [0.5, 0.6) is 0 Å². The van der Waals surface area contributed by atoms with E-state index in [1.807, 2.05) is 109 Å². The van der Waals surface area contributed by atoms with E-state index >= 15 is 0 Å². The number of hydrogen-bond acceptors (Lipinski definition) is 6. The Bertz CT molecular complexity index is 3790. The number of nitrogens with zero attached hydrogens (tertiary/aromatic N) is 6. The summed E-state index contributed by atoms with van der Waals surface area (Å²) in [6.45, 7) is 0. The van der Waals surface area contributed by atoms with Crippen LogP contribution in [0.15, 0.2) is 206 Å². The van der Waals surface area contributed by atoms with E-state index in [4.69, 9.17) is 15.0 Å². The lowest BCUT2D eigenvalue weighted by atomic mass is 9.96. The third-order valence-electron chi connectivity index (χ3n) is 12.4. The minimum Gasteiger partial charge on any atom is -0.308 e. The average molecular weight is 859 g/mol. The highest BCUT2D eigenvalue weighted by Gasteiger charge is 2.23. The Morgan fingerprint density at radius 2 is 0.848 bits per heavy atom. The van der Waals surface area contributed by atoms with Crippen LogP contribution in [0.4, 0.5) is 0 Å². The van der Waals surface area contributed by atoms with Crippen molar-refractivity contribution in [2.45, 2.75) is 0 Å². The molecule has 0 bridgehead atoms. The van der Waals surface area contributed by atoms with Gasteiger partial charge in [-0.15, -0.1) is 11.3 Å². The molecule has 0 unspecified atom stereocenters. The zero-order valence-corrected chi connectivity index (χ0v) is 36.0. The molecule has 0 spiro atoms. The maximum Gasteiger partial charge on any atom is 0.166 e. The first-order valence-corrected chi connectivity index (χ1v) is 22.4. The van der Waals surface area contributed by atoms with Gasteiger partial charge in [0.2, 0.25) is 0 Å². The summed E-state index contributed by atoms with van der Waals surface area (Å²) in [6.07, 6.45) is 0. The molecule has 0 amide bonds. The highest BCUT2D eigenvalue weighted by atomic mass is 32.1. The van der Waals surface area contributed by atoms with Crippen LogP contribution in [0.2, 0.25) is 0 Å². The molecule has 9 aromatic carbocycles. The molecule has 0 saturated heterocycles. The Hall–Kier alpha value is -9.01. The van der Waals surface area contributed by atoms with Crippen molar-refractivity contribution < 1.29 is 0 Å². The maximum atomic E-state index is 10.2. The van der Waals surface area contributed by atoms with Gasteiger partial charge in [-0.2, -0.15) is 10.5 Å². The van der Waals surface area contributed by atoms with Gasteiger partial charge >= 0.3 is 0 Å². The van der Waals surface area contributed by atoms with E-state index in [0.717, 1.165) is 77.6 Å². The van der Waals surface area contributed by atoms with Crippen molar-refractivity contribution in [3.63, 3.8) is 0 Å². The third-order valence-corrected chi connectivity index (χ3v) is 13.5. The summed E-state index contributed by atoms with van der Waals surface area (Å²) < 4.78 is 4.77. The summed E-state index contributed by atoms with van der Waals surface area (Å²) in [7, 11) is 0. The van der Waals surface area contributed by atoms with Gasteiger partial charge in [-0.25, -0.2) is 15.0 Å². The molecule has 7 heteroatoms. The van der Waals surface area contributed by atoms with E-state index in [9.17, 15) is 10.5 Å². The molecular formula is C59H34N6S. The Morgan fingerprint density at radius 3 is 1.45 bits per heavy atom. The molecule has 0 aliphatic rings. The standard InChI is InChI=1S/C59H34N6S/c60-35-42-18-7-9-20-44(42)39-26-29-51-48(32-39)49-33-40(45-21-10-8-19-43(45)36-61)27-30-52(49)65(51)53-31-28-41(46-23-13-25-55-56(46)47-22-11-12-24-54(47)66-55)34-50(53)59-63-57(37-14-3-1-4-15-37)62-58(64-59)38-16-5-2-6-17-38/h1-34H. The second-order valence-electron chi connectivity index (χ2n) is 16.2.